The van der Waals surface area contributed by atoms with Gasteiger partial charge >= 0.3 is 0 Å². The van der Waals surface area contributed by atoms with Crippen LogP contribution in [-0.2, 0) is 11.2 Å². The Morgan fingerprint density at radius 2 is 2.29 bits per heavy atom. The summed E-state index contributed by atoms with van der Waals surface area (Å²) in [4.78, 5) is 11.2. The number of hydrogen-bond donors (Lipinski definition) is 2. The number of hydrogen-bond acceptors (Lipinski definition) is 3. The molecule has 1 aromatic rings. The quantitative estimate of drug-likeness (QED) is 0.828. The van der Waals surface area contributed by atoms with E-state index in [1.165, 1.54) is 0 Å². The third-order valence-corrected chi connectivity index (χ3v) is 3.45. The first-order valence-electron chi connectivity index (χ1n) is 5.79. The van der Waals surface area contributed by atoms with Crippen LogP contribution >= 0.6 is 0 Å². The van der Waals surface area contributed by atoms with Gasteiger partial charge in [0, 0.05) is 17.9 Å². The predicted molar refractivity (Wildman–Crippen MR) is 64.5 cm³/mol. The highest BCUT2D eigenvalue weighted by molar-refractivity contribution is 5.99. The fourth-order valence-electron chi connectivity index (χ4n) is 2.09. The van der Waals surface area contributed by atoms with Gasteiger partial charge in [0.15, 0.2) is 0 Å². The van der Waals surface area contributed by atoms with E-state index in [0.717, 1.165) is 29.8 Å². The Kier molecular flexibility index (Phi) is 2.08. The van der Waals surface area contributed by atoms with Crippen molar-refractivity contribution in [3.8, 4) is 6.07 Å². The monoisotopic (exact) mass is 227 g/mol. The lowest BCUT2D eigenvalue weighted by molar-refractivity contribution is -0.115. The van der Waals surface area contributed by atoms with Crippen molar-refractivity contribution in [2.45, 2.75) is 19.3 Å². The minimum absolute atomic E-state index is 0.0489. The topological polar surface area (TPSA) is 64.9 Å². The Hall–Kier alpha value is -2.02. The van der Waals surface area contributed by atoms with E-state index in [4.69, 9.17) is 5.26 Å². The normalized spacial score (nSPS) is 19.1. The molecule has 0 unspecified atom stereocenters. The zero-order valence-corrected chi connectivity index (χ0v) is 9.42. The zero-order valence-electron chi connectivity index (χ0n) is 9.42. The Morgan fingerprint density at radius 3 is 3.00 bits per heavy atom. The van der Waals surface area contributed by atoms with Gasteiger partial charge < -0.3 is 10.6 Å². The molecule has 1 amide bonds. The van der Waals surface area contributed by atoms with Crippen LogP contribution in [0.5, 0.6) is 0 Å². The molecule has 1 aliphatic carbocycles. The summed E-state index contributed by atoms with van der Waals surface area (Å²) >= 11 is 0. The lowest BCUT2D eigenvalue weighted by Crippen LogP contribution is -2.13. The average Bonchev–Trinajstić information content (AvgIpc) is 3.01. The highest BCUT2D eigenvalue weighted by Gasteiger charge is 2.42. The van der Waals surface area contributed by atoms with Crippen molar-refractivity contribution in [3.05, 3.63) is 23.8 Å². The van der Waals surface area contributed by atoms with Gasteiger partial charge in [-0.1, -0.05) is 0 Å². The van der Waals surface area contributed by atoms with Gasteiger partial charge in [0.1, 0.15) is 0 Å². The van der Waals surface area contributed by atoms with Gasteiger partial charge in [-0.3, -0.25) is 4.79 Å². The molecule has 86 valence electrons. The maximum atomic E-state index is 11.2. The molecule has 4 nitrogen and oxygen atoms in total. The van der Waals surface area contributed by atoms with E-state index in [9.17, 15) is 4.79 Å². The van der Waals surface area contributed by atoms with Gasteiger partial charge in [-0.05, 0) is 36.6 Å². The first-order valence-corrected chi connectivity index (χ1v) is 5.79. The van der Waals surface area contributed by atoms with E-state index in [1.54, 1.807) is 0 Å². The summed E-state index contributed by atoms with van der Waals surface area (Å²) in [6.45, 7) is 0.698. The molecule has 1 heterocycles. The highest BCUT2D eigenvalue weighted by atomic mass is 16.1. The number of nitrogens with one attached hydrogen (secondary N) is 2. The molecule has 17 heavy (non-hydrogen) atoms. The molecule has 4 heteroatoms. The van der Waals surface area contributed by atoms with E-state index in [1.807, 2.05) is 18.2 Å². The van der Waals surface area contributed by atoms with Gasteiger partial charge in [0.05, 0.1) is 17.9 Å². The molecule has 0 spiro atoms. The lowest BCUT2D eigenvalue weighted by atomic mass is 10.1. The maximum Gasteiger partial charge on any atom is 0.228 e. The smallest absolute Gasteiger partial charge is 0.228 e. The zero-order chi connectivity index (χ0) is 11.9. The van der Waals surface area contributed by atoms with Crippen LogP contribution in [0.2, 0.25) is 0 Å². The lowest BCUT2D eigenvalue weighted by Gasteiger charge is -2.10. The third kappa shape index (κ3) is 1.84. The number of carbonyl (C=O) groups is 1. The van der Waals surface area contributed by atoms with E-state index in [-0.39, 0.29) is 11.3 Å². The minimum Gasteiger partial charge on any atom is -0.383 e. The van der Waals surface area contributed by atoms with Crippen molar-refractivity contribution in [3.63, 3.8) is 0 Å². The van der Waals surface area contributed by atoms with Crippen LogP contribution in [0, 0.1) is 16.7 Å². The van der Waals surface area contributed by atoms with Gasteiger partial charge in [-0.25, -0.2) is 0 Å². The van der Waals surface area contributed by atoms with Gasteiger partial charge in [0.25, 0.3) is 0 Å². The summed E-state index contributed by atoms with van der Waals surface area (Å²) in [6.07, 6.45) is 2.43. The van der Waals surface area contributed by atoms with Crippen LogP contribution in [0.4, 0.5) is 11.4 Å². The molecule has 0 atom stereocenters. The number of nitriles is 1. The molecule has 1 fully saturated rings. The Bertz CT molecular complexity index is 526. The second-order valence-electron chi connectivity index (χ2n) is 4.84. The van der Waals surface area contributed by atoms with Crippen LogP contribution in [0.25, 0.3) is 0 Å². The number of anilines is 2. The Balaban J connectivity index is 1.71. The van der Waals surface area contributed by atoms with Crippen LogP contribution in [0.3, 0.4) is 0 Å². The standard InChI is InChI=1S/C13H13N3O/c14-7-13(3-4-13)8-15-10-1-2-11-9(5-10)6-12(17)16-11/h1-2,5,15H,3-4,6,8H2,(H,16,17). The number of carbonyl (C=O) groups excluding carboxylic acids is 1. The molecular weight excluding hydrogens is 214 g/mol. The summed E-state index contributed by atoms with van der Waals surface area (Å²) < 4.78 is 0. The number of rotatable bonds is 3. The average molecular weight is 227 g/mol. The number of benzene rings is 1. The van der Waals surface area contributed by atoms with Crippen LogP contribution in [0.15, 0.2) is 18.2 Å². The summed E-state index contributed by atoms with van der Waals surface area (Å²) in [6, 6.07) is 8.19. The van der Waals surface area contributed by atoms with Crippen LogP contribution < -0.4 is 10.6 Å². The second-order valence-corrected chi connectivity index (χ2v) is 4.84. The maximum absolute atomic E-state index is 11.2. The first kappa shape index (κ1) is 10.2. The van der Waals surface area contributed by atoms with Crippen LogP contribution in [-0.4, -0.2) is 12.5 Å². The SMILES string of the molecule is N#CC1(CNc2ccc3c(c2)CC(=O)N3)CC1. The van der Waals surface area contributed by atoms with E-state index >= 15 is 0 Å². The number of fused-ring (bicyclic) bond motifs is 1. The minimum atomic E-state index is -0.146. The molecule has 1 saturated carbocycles. The molecule has 0 aromatic heterocycles. The highest BCUT2D eigenvalue weighted by Crippen LogP contribution is 2.44. The third-order valence-electron chi connectivity index (χ3n) is 3.45. The summed E-state index contributed by atoms with van der Waals surface area (Å²) in [5.41, 5.74) is 2.78. The van der Waals surface area contributed by atoms with Crippen molar-refractivity contribution in [1.82, 2.24) is 0 Å². The van der Waals surface area contributed by atoms with E-state index in [0.29, 0.717) is 13.0 Å². The summed E-state index contributed by atoms with van der Waals surface area (Å²) in [5, 5.41) is 15.1. The van der Waals surface area contributed by atoms with Gasteiger partial charge in [0.2, 0.25) is 5.91 Å². The van der Waals surface area contributed by atoms with Gasteiger partial charge in [-0.2, -0.15) is 5.26 Å². The second kappa shape index (κ2) is 3.49. The molecule has 0 bridgehead atoms. The van der Waals surface area contributed by atoms with Crippen molar-refractivity contribution >= 4 is 17.3 Å². The first-order chi connectivity index (χ1) is 8.21. The molecule has 2 aliphatic rings. The number of nitrogens with zero attached hydrogens (tertiary/aromatic N) is 1. The molecule has 1 aliphatic heterocycles. The Labute approximate surface area is 99.6 Å². The van der Waals surface area contributed by atoms with Crippen molar-refractivity contribution in [1.29, 1.82) is 5.26 Å². The van der Waals surface area contributed by atoms with Gasteiger partial charge in [-0.15, -0.1) is 0 Å². The number of amides is 1. The Morgan fingerprint density at radius 1 is 1.47 bits per heavy atom. The molecule has 3 rings (SSSR count). The predicted octanol–water partition coefficient (Wildman–Crippen LogP) is 1.90. The van der Waals surface area contributed by atoms with Crippen LogP contribution in [0.1, 0.15) is 18.4 Å². The van der Waals surface area contributed by atoms with Crippen molar-refractivity contribution < 1.29 is 4.79 Å². The summed E-state index contributed by atoms with van der Waals surface area (Å²) in [5.74, 6) is 0.0489. The molecule has 1 aromatic carbocycles. The fraction of sp³-hybridized carbons (Fsp3) is 0.385. The molecule has 0 radical (unpaired) electrons. The largest absolute Gasteiger partial charge is 0.383 e. The fourth-order valence-corrected chi connectivity index (χ4v) is 2.09. The van der Waals surface area contributed by atoms with E-state index in [2.05, 4.69) is 16.7 Å². The summed E-state index contributed by atoms with van der Waals surface area (Å²) in [7, 11) is 0. The van der Waals surface area contributed by atoms with E-state index < -0.39 is 0 Å². The molecular formula is C13H13N3O. The van der Waals surface area contributed by atoms with Crippen molar-refractivity contribution in [2.24, 2.45) is 5.41 Å². The van der Waals surface area contributed by atoms with Crippen molar-refractivity contribution in [2.75, 3.05) is 17.2 Å². The molecule has 0 saturated heterocycles. The molecule has 2 N–H and O–H groups in total.